The fourth-order valence-corrected chi connectivity index (χ4v) is 1.54. The molecule has 1 aromatic heterocycles. The van der Waals surface area contributed by atoms with E-state index in [9.17, 15) is 4.79 Å². The van der Waals surface area contributed by atoms with Gasteiger partial charge in [-0.2, -0.15) is 5.10 Å². The molecule has 0 bridgehead atoms. The Morgan fingerprint density at radius 1 is 1.33 bits per heavy atom. The number of rotatable bonds is 2. The van der Waals surface area contributed by atoms with E-state index in [0.717, 1.165) is 24.9 Å². The van der Waals surface area contributed by atoms with Gasteiger partial charge in [0.05, 0.1) is 11.9 Å². The molecule has 0 spiro atoms. The molecule has 1 aliphatic carbocycles. The second-order valence-corrected chi connectivity index (χ2v) is 3.54. The minimum atomic E-state index is 0.164. The van der Waals surface area contributed by atoms with E-state index in [1.54, 1.807) is 12.4 Å². The molecular weight excluding hydrogens is 190 g/mol. The van der Waals surface area contributed by atoms with Gasteiger partial charge in [0, 0.05) is 12.6 Å². The van der Waals surface area contributed by atoms with Crippen LogP contribution < -0.4 is 5.43 Å². The number of hydrogen-bond acceptors (Lipinski definition) is 4. The molecule has 2 rings (SSSR count). The molecule has 1 fully saturated rings. The van der Waals surface area contributed by atoms with Gasteiger partial charge in [-0.15, -0.1) is 0 Å². The summed E-state index contributed by atoms with van der Waals surface area (Å²) in [5, 5.41) is 4.11. The third-order valence-electron chi connectivity index (χ3n) is 2.37. The summed E-state index contributed by atoms with van der Waals surface area (Å²) in [4.78, 5) is 15.4. The van der Waals surface area contributed by atoms with Crippen LogP contribution in [-0.4, -0.2) is 16.5 Å². The summed E-state index contributed by atoms with van der Waals surface area (Å²) in [6, 6.07) is 3.69. The number of carbonyl (C=O) groups excluding carboxylic acids is 1. The summed E-state index contributed by atoms with van der Waals surface area (Å²) in [5.74, 6) is 0.164. The molecule has 1 aromatic rings. The van der Waals surface area contributed by atoms with E-state index in [4.69, 9.17) is 0 Å². The van der Waals surface area contributed by atoms with Gasteiger partial charge in [-0.1, -0.05) is 0 Å². The molecule has 0 radical (unpaired) electrons. The summed E-state index contributed by atoms with van der Waals surface area (Å²) in [6.07, 6.45) is 6.84. The highest BCUT2D eigenvalue weighted by molar-refractivity contribution is 6.40. The molecule has 0 amide bonds. The van der Waals surface area contributed by atoms with Crippen LogP contribution in [0.15, 0.2) is 29.6 Å². The van der Waals surface area contributed by atoms with Crippen molar-refractivity contribution in [1.29, 1.82) is 0 Å². The zero-order valence-corrected chi connectivity index (χ0v) is 8.44. The molecule has 4 nitrogen and oxygen atoms in total. The molecular formula is C11H13N3O. The van der Waals surface area contributed by atoms with Crippen LogP contribution in [0.4, 0.5) is 5.69 Å². The molecule has 1 N–H and O–H groups in total. The Morgan fingerprint density at radius 3 is 2.93 bits per heavy atom. The number of nitrogens with one attached hydrogen (secondary N) is 1. The highest BCUT2D eigenvalue weighted by Gasteiger charge is 2.16. The fraction of sp³-hybridized carbons (Fsp3) is 0.364. The van der Waals surface area contributed by atoms with Gasteiger partial charge in [-0.05, 0) is 31.4 Å². The molecule has 0 atom stereocenters. The standard InChI is InChI=1S/C11H13N3O/c15-11-6-2-1-5-10(11)14-13-9-4-3-7-12-8-9/h3-4,7-8,13H,1-2,5-6H2/b14-10+. The van der Waals surface area contributed by atoms with Crippen LogP contribution in [0.5, 0.6) is 0 Å². The molecule has 0 aliphatic heterocycles. The quantitative estimate of drug-likeness (QED) is 0.748. The predicted octanol–water partition coefficient (Wildman–Crippen LogP) is 1.99. The van der Waals surface area contributed by atoms with Gasteiger partial charge >= 0.3 is 0 Å². The number of ketones is 1. The predicted molar refractivity (Wildman–Crippen MR) is 58.8 cm³/mol. The van der Waals surface area contributed by atoms with Gasteiger partial charge in [0.1, 0.15) is 5.71 Å². The lowest BCUT2D eigenvalue weighted by Crippen LogP contribution is -2.19. The van der Waals surface area contributed by atoms with Crippen LogP contribution in [0.25, 0.3) is 0 Å². The molecule has 0 saturated heterocycles. The Morgan fingerprint density at radius 2 is 2.20 bits per heavy atom. The molecule has 78 valence electrons. The Kier molecular flexibility index (Phi) is 3.07. The van der Waals surface area contributed by atoms with Gasteiger partial charge in [0.2, 0.25) is 0 Å². The largest absolute Gasteiger partial charge is 0.293 e. The first-order valence-corrected chi connectivity index (χ1v) is 5.12. The normalized spacial score (nSPS) is 19.2. The van der Waals surface area contributed by atoms with E-state index >= 15 is 0 Å². The molecule has 0 unspecified atom stereocenters. The Balaban J connectivity index is 2.01. The van der Waals surface area contributed by atoms with Crippen molar-refractivity contribution < 1.29 is 4.79 Å². The van der Waals surface area contributed by atoms with Crippen molar-refractivity contribution in [2.45, 2.75) is 25.7 Å². The second kappa shape index (κ2) is 4.68. The summed E-state index contributed by atoms with van der Waals surface area (Å²) in [5.41, 5.74) is 4.32. The number of Topliss-reactive ketones (excluding diaryl/α,β-unsaturated/α-hetero) is 1. The van der Waals surface area contributed by atoms with Gasteiger partial charge in [0.25, 0.3) is 0 Å². The Bertz CT molecular complexity index is 373. The number of nitrogens with zero attached hydrogens (tertiary/aromatic N) is 2. The number of hydrogen-bond donors (Lipinski definition) is 1. The van der Waals surface area contributed by atoms with E-state index in [0.29, 0.717) is 12.1 Å². The third-order valence-corrected chi connectivity index (χ3v) is 2.37. The van der Waals surface area contributed by atoms with Crippen LogP contribution in [0, 0.1) is 0 Å². The molecule has 15 heavy (non-hydrogen) atoms. The van der Waals surface area contributed by atoms with E-state index in [1.165, 1.54) is 0 Å². The maximum atomic E-state index is 11.4. The van der Waals surface area contributed by atoms with Crippen molar-refractivity contribution in [2.75, 3.05) is 5.43 Å². The Hall–Kier alpha value is -1.71. The molecule has 4 heteroatoms. The first-order valence-electron chi connectivity index (χ1n) is 5.12. The molecule has 0 aromatic carbocycles. The third kappa shape index (κ3) is 2.62. The van der Waals surface area contributed by atoms with E-state index in [-0.39, 0.29) is 5.78 Å². The van der Waals surface area contributed by atoms with Gasteiger partial charge < -0.3 is 0 Å². The monoisotopic (exact) mass is 203 g/mol. The average molecular weight is 203 g/mol. The first-order chi connectivity index (χ1) is 7.36. The van der Waals surface area contributed by atoms with Gasteiger partial charge in [0.15, 0.2) is 5.78 Å². The summed E-state index contributed by atoms with van der Waals surface area (Å²) in [7, 11) is 0. The van der Waals surface area contributed by atoms with E-state index in [1.807, 2.05) is 12.1 Å². The summed E-state index contributed by atoms with van der Waals surface area (Å²) in [6.45, 7) is 0. The molecule has 1 saturated carbocycles. The van der Waals surface area contributed by atoms with E-state index in [2.05, 4.69) is 15.5 Å². The summed E-state index contributed by atoms with van der Waals surface area (Å²) < 4.78 is 0. The fourth-order valence-electron chi connectivity index (χ4n) is 1.54. The van der Waals surface area contributed by atoms with Gasteiger partial charge in [-0.25, -0.2) is 0 Å². The average Bonchev–Trinajstić information content (AvgIpc) is 2.29. The highest BCUT2D eigenvalue weighted by atomic mass is 16.1. The first kappa shape index (κ1) is 9.83. The SMILES string of the molecule is O=C1CCCC/C1=N\Nc1cccnc1. The lowest BCUT2D eigenvalue weighted by molar-refractivity contribution is -0.113. The van der Waals surface area contributed by atoms with Gasteiger partial charge in [-0.3, -0.25) is 15.2 Å². The lowest BCUT2D eigenvalue weighted by atomic mass is 9.97. The molecule has 1 heterocycles. The topological polar surface area (TPSA) is 54.4 Å². The zero-order valence-electron chi connectivity index (χ0n) is 8.44. The number of hydrazone groups is 1. The number of pyridine rings is 1. The van der Waals surface area contributed by atoms with Crippen molar-refractivity contribution in [3.05, 3.63) is 24.5 Å². The van der Waals surface area contributed by atoms with E-state index < -0.39 is 0 Å². The zero-order chi connectivity index (χ0) is 10.5. The van der Waals surface area contributed by atoms with Crippen LogP contribution in [0.3, 0.4) is 0 Å². The maximum absolute atomic E-state index is 11.4. The van der Waals surface area contributed by atoms with Crippen LogP contribution in [0.2, 0.25) is 0 Å². The second-order valence-electron chi connectivity index (χ2n) is 3.54. The lowest BCUT2D eigenvalue weighted by Gasteiger charge is -2.11. The Labute approximate surface area is 88.4 Å². The molecule has 1 aliphatic rings. The van der Waals surface area contributed by atoms with Crippen molar-refractivity contribution >= 4 is 17.2 Å². The smallest absolute Gasteiger partial charge is 0.178 e. The van der Waals surface area contributed by atoms with Crippen molar-refractivity contribution in [2.24, 2.45) is 5.10 Å². The minimum absolute atomic E-state index is 0.164. The van der Waals surface area contributed by atoms with Crippen molar-refractivity contribution in [1.82, 2.24) is 4.98 Å². The highest BCUT2D eigenvalue weighted by Crippen LogP contribution is 2.12. The number of carbonyl (C=O) groups is 1. The minimum Gasteiger partial charge on any atom is -0.293 e. The number of aromatic nitrogens is 1. The summed E-state index contributed by atoms with van der Waals surface area (Å²) >= 11 is 0. The van der Waals surface area contributed by atoms with Crippen LogP contribution in [0.1, 0.15) is 25.7 Å². The van der Waals surface area contributed by atoms with Crippen LogP contribution in [-0.2, 0) is 4.79 Å². The number of anilines is 1. The van der Waals surface area contributed by atoms with Crippen LogP contribution >= 0.6 is 0 Å². The maximum Gasteiger partial charge on any atom is 0.178 e. The van der Waals surface area contributed by atoms with Crippen molar-refractivity contribution in [3.63, 3.8) is 0 Å². The van der Waals surface area contributed by atoms with Crippen molar-refractivity contribution in [3.8, 4) is 0 Å².